The molecule has 1 aliphatic carbocycles. The van der Waals surface area contributed by atoms with Crippen molar-refractivity contribution in [3.63, 3.8) is 0 Å². The van der Waals surface area contributed by atoms with Gasteiger partial charge in [0.05, 0.1) is 4.92 Å². The minimum atomic E-state index is -0.498. The number of anilines is 1. The Hall–Kier alpha value is -2.11. The number of nitro groups is 1. The SMILES string of the molecule is CNc1cccc(C(=O)N(C)CC2CCCC2)c1[N+](=O)[O-]. The molecule has 6 heteroatoms. The number of amides is 1. The largest absolute Gasteiger partial charge is 0.383 e. The predicted molar refractivity (Wildman–Crippen MR) is 81.6 cm³/mol. The minimum absolute atomic E-state index is 0.146. The van der Waals surface area contributed by atoms with E-state index in [2.05, 4.69) is 5.32 Å². The van der Waals surface area contributed by atoms with Crippen molar-refractivity contribution >= 4 is 17.3 Å². The topological polar surface area (TPSA) is 75.5 Å². The fourth-order valence-corrected chi connectivity index (χ4v) is 2.98. The Labute approximate surface area is 124 Å². The molecule has 0 heterocycles. The summed E-state index contributed by atoms with van der Waals surface area (Å²) >= 11 is 0. The van der Waals surface area contributed by atoms with Crippen LogP contribution in [0.15, 0.2) is 18.2 Å². The number of benzene rings is 1. The minimum Gasteiger partial charge on any atom is -0.383 e. The third kappa shape index (κ3) is 3.32. The van der Waals surface area contributed by atoms with Crippen molar-refractivity contribution in [3.05, 3.63) is 33.9 Å². The number of hydrogen-bond acceptors (Lipinski definition) is 4. The molecule has 0 bridgehead atoms. The Balaban J connectivity index is 2.23. The molecule has 0 aromatic heterocycles. The van der Waals surface area contributed by atoms with Gasteiger partial charge in [-0.05, 0) is 30.9 Å². The van der Waals surface area contributed by atoms with Gasteiger partial charge in [-0.3, -0.25) is 14.9 Å². The molecule has 21 heavy (non-hydrogen) atoms. The number of para-hydroxylation sites is 1. The summed E-state index contributed by atoms with van der Waals surface area (Å²) < 4.78 is 0. The van der Waals surface area contributed by atoms with E-state index in [9.17, 15) is 14.9 Å². The van der Waals surface area contributed by atoms with Crippen LogP contribution in [-0.4, -0.2) is 36.4 Å². The summed E-state index contributed by atoms with van der Waals surface area (Å²) in [6.07, 6.45) is 4.69. The van der Waals surface area contributed by atoms with Gasteiger partial charge in [0.1, 0.15) is 11.3 Å². The molecular weight excluding hydrogens is 270 g/mol. The van der Waals surface area contributed by atoms with Crippen LogP contribution in [0.1, 0.15) is 36.0 Å². The molecule has 1 aromatic carbocycles. The first-order valence-corrected chi connectivity index (χ1v) is 7.25. The van der Waals surface area contributed by atoms with Crippen LogP contribution in [0.4, 0.5) is 11.4 Å². The van der Waals surface area contributed by atoms with E-state index in [1.54, 1.807) is 31.1 Å². The van der Waals surface area contributed by atoms with E-state index >= 15 is 0 Å². The van der Waals surface area contributed by atoms with Gasteiger partial charge in [0.2, 0.25) is 0 Å². The summed E-state index contributed by atoms with van der Waals surface area (Å²) in [5.74, 6) is 0.233. The lowest BCUT2D eigenvalue weighted by molar-refractivity contribution is -0.384. The molecule has 0 aliphatic heterocycles. The van der Waals surface area contributed by atoms with E-state index in [0.29, 0.717) is 18.2 Å². The summed E-state index contributed by atoms with van der Waals surface area (Å²) in [5, 5.41) is 14.0. The number of hydrogen-bond donors (Lipinski definition) is 1. The molecule has 1 saturated carbocycles. The highest BCUT2D eigenvalue weighted by atomic mass is 16.6. The average Bonchev–Trinajstić information content (AvgIpc) is 2.98. The number of nitro benzene ring substituents is 1. The van der Waals surface area contributed by atoms with Gasteiger partial charge in [-0.15, -0.1) is 0 Å². The van der Waals surface area contributed by atoms with Crippen LogP contribution in [0.3, 0.4) is 0 Å². The highest BCUT2D eigenvalue weighted by Gasteiger charge is 2.27. The Morgan fingerprint density at radius 1 is 1.43 bits per heavy atom. The monoisotopic (exact) mass is 291 g/mol. The molecule has 1 aliphatic rings. The van der Waals surface area contributed by atoms with Gasteiger partial charge in [-0.25, -0.2) is 0 Å². The van der Waals surface area contributed by atoms with Crippen molar-refractivity contribution in [3.8, 4) is 0 Å². The molecule has 0 saturated heterocycles. The van der Waals surface area contributed by atoms with Crippen LogP contribution < -0.4 is 5.32 Å². The van der Waals surface area contributed by atoms with E-state index in [1.807, 2.05) is 0 Å². The summed E-state index contributed by atoms with van der Waals surface area (Å²) in [6, 6.07) is 4.79. The molecule has 1 N–H and O–H groups in total. The molecule has 1 fully saturated rings. The van der Waals surface area contributed by atoms with Gasteiger partial charge in [-0.1, -0.05) is 18.9 Å². The van der Waals surface area contributed by atoms with Crippen LogP contribution in [-0.2, 0) is 0 Å². The van der Waals surface area contributed by atoms with E-state index in [0.717, 1.165) is 12.8 Å². The Bertz CT molecular complexity index is 539. The van der Waals surface area contributed by atoms with Crippen LogP contribution in [0.25, 0.3) is 0 Å². The normalized spacial score (nSPS) is 15.0. The first-order chi connectivity index (χ1) is 10.0. The maximum absolute atomic E-state index is 12.5. The zero-order valence-corrected chi connectivity index (χ0v) is 12.5. The van der Waals surface area contributed by atoms with Crippen LogP contribution in [0, 0.1) is 16.0 Å². The Morgan fingerprint density at radius 3 is 2.67 bits per heavy atom. The van der Waals surface area contributed by atoms with Gasteiger partial charge >= 0.3 is 5.69 Å². The smallest absolute Gasteiger partial charge is 0.305 e. The van der Waals surface area contributed by atoms with Gasteiger partial charge in [0.25, 0.3) is 5.91 Å². The lowest BCUT2D eigenvalue weighted by Crippen LogP contribution is -2.31. The molecule has 1 aromatic rings. The third-order valence-electron chi connectivity index (χ3n) is 4.07. The molecule has 1 amide bonds. The summed E-state index contributed by atoms with van der Waals surface area (Å²) in [5.41, 5.74) is 0.357. The Kier molecular flexibility index (Phi) is 4.77. The predicted octanol–water partition coefficient (Wildman–Crippen LogP) is 2.90. The van der Waals surface area contributed by atoms with Crippen molar-refractivity contribution in [2.24, 2.45) is 5.92 Å². The average molecular weight is 291 g/mol. The van der Waals surface area contributed by atoms with Gasteiger partial charge in [0, 0.05) is 20.6 Å². The molecule has 6 nitrogen and oxygen atoms in total. The number of carbonyl (C=O) groups is 1. The first kappa shape index (κ1) is 15.3. The van der Waals surface area contributed by atoms with Crippen molar-refractivity contribution in [1.29, 1.82) is 0 Å². The quantitative estimate of drug-likeness (QED) is 0.668. The van der Waals surface area contributed by atoms with Crippen molar-refractivity contribution in [2.45, 2.75) is 25.7 Å². The van der Waals surface area contributed by atoms with E-state index in [4.69, 9.17) is 0 Å². The van der Waals surface area contributed by atoms with E-state index in [-0.39, 0.29) is 17.2 Å². The first-order valence-electron chi connectivity index (χ1n) is 7.25. The standard InChI is InChI=1S/C15H21N3O3/c1-16-13-9-5-8-12(14(13)18(20)21)15(19)17(2)10-11-6-3-4-7-11/h5,8-9,11,16H,3-4,6-7,10H2,1-2H3. The van der Waals surface area contributed by atoms with E-state index in [1.165, 1.54) is 18.9 Å². The molecule has 0 spiro atoms. The lowest BCUT2D eigenvalue weighted by Gasteiger charge is -2.21. The van der Waals surface area contributed by atoms with Gasteiger partial charge < -0.3 is 10.2 Å². The molecule has 0 radical (unpaired) electrons. The van der Waals surface area contributed by atoms with Crippen molar-refractivity contribution in [2.75, 3.05) is 26.0 Å². The third-order valence-corrected chi connectivity index (χ3v) is 4.07. The van der Waals surface area contributed by atoms with Gasteiger partial charge in [-0.2, -0.15) is 0 Å². The number of nitrogens with zero attached hydrogens (tertiary/aromatic N) is 2. The van der Waals surface area contributed by atoms with Crippen LogP contribution in [0.5, 0.6) is 0 Å². The van der Waals surface area contributed by atoms with Crippen LogP contribution >= 0.6 is 0 Å². The zero-order valence-electron chi connectivity index (χ0n) is 12.5. The van der Waals surface area contributed by atoms with E-state index < -0.39 is 4.92 Å². The van der Waals surface area contributed by atoms with Crippen LogP contribution in [0.2, 0.25) is 0 Å². The molecule has 114 valence electrons. The fourth-order valence-electron chi connectivity index (χ4n) is 2.98. The highest BCUT2D eigenvalue weighted by Crippen LogP contribution is 2.30. The Morgan fingerprint density at radius 2 is 2.10 bits per heavy atom. The lowest BCUT2D eigenvalue weighted by atomic mass is 10.1. The zero-order chi connectivity index (χ0) is 15.4. The molecular formula is C15H21N3O3. The second-order valence-corrected chi connectivity index (χ2v) is 5.55. The second kappa shape index (κ2) is 6.56. The number of nitrogens with one attached hydrogen (secondary N) is 1. The maximum Gasteiger partial charge on any atom is 0.305 e. The number of rotatable bonds is 5. The molecule has 0 unspecified atom stereocenters. The van der Waals surface area contributed by atoms with Crippen molar-refractivity contribution in [1.82, 2.24) is 4.90 Å². The fraction of sp³-hybridized carbons (Fsp3) is 0.533. The van der Waals surface area contributed by atoms with Crippen molar-refractivity contribution < 1.29 is 9.72 Å². The van der Waals surface area contributed by atoms with Gasteiger partial charge in [0.15, 0.2) is 0 Å². The summed E-state index contributed by atoms with van der Waals surface area (Å²) in [7, 11) is 3.33. The summed E-state index contributed by atoms with van der Waals surface area (Å²) in [6.45, 7) is 0.666. The number of carbonyl (C=O) groups excluding carboxylic acids is 1. The summed E-state index contributed by atoms with van der Waals surface area (Å²) in [4.78, 5) is 24.9. The second-order valence-electron chi connectivity index (χ2n) is 5.55. The molecule has 0 atom stereocenters. The molecule has 2 rings (SSSR count). The maximum atomic E-state index is 12.5. The highest BCUT2D eigenvalue weighted by molar-refractivity contribution is 6.00.